The first-order chi connectivity index (χ1) is 8.89. The Balaban J connectivity index is 2.27. The summed E-state index contributed by atoms with van der Waals surface area (Å²) in [5, 5.41) is 8.94. The highest BCUT2D eigenvalue weighted by Crippen LogP contribution is 2.26. The molecule has 5 nitrogen and oxygen atoms in total. The minimum Gasteiger partial charge on any atom is -0.387 e. The standard InChI is InChI=1S/C12H18N2O3S2/c1-9(15)11-4-3-10(7-13-11)14-5-6-18-8-12(14)19(2,16)17/h3-4,7,9,12,15H,5-6,8H2,1-2H3. The van der Waals surface area contributed by atoms with Gasteiger partial charge in [-0.05, 0) is 19.1 Å². The van der Waals surface area contributed by atoms with Crippen molar-refractivity contribution in [3.63, 3.8) is 0 Å². The maximum absolute atomic E-state index is 11.8. The van der Waals surface area contributed by atoms with E-state index in [1.54, 1.807) is 30.9 Å². The lowest BCUT2D eigenvalue weighted by atomic mass is 10.2. The number of pyridine rings is 1. The highest BCUT2D eigenvalue weighted by molar-refractivity contribution is 8.01. The lowest BCUT2D eigenvalue weighted by Crippen LogP contribution is -2.47. The molecule has 1 N–H and O–H groups in total. The number of hydrogen-bond acceptors (Lipinski definition) is 6. The zero-order chi connectivity index (χ0) is 14.0. The van der Waals surface area contributed by atoms with Gasteiger partial charge >= 0.3 is 0 Å². The molecule has 2 rings (SSSR count). The number of aromatic nitrogens is 1. The lowest BCUT2D eigenvalue weighted by molar-refractivity contribution is 0.194. The van der Waals surface area contributed by atoms with Crippen LogP contribution in [-0.4, -0.2) is 48.2 Å². The van der Waals surface area contributed by atoms with Crippen LogP contribution >= 0.6 is 11.8 Å². The predicted molar refractivity (Wildman–Crippen MR) is 78.2 cm³/mol. The molecular weight excluding hydrogens is 284 g/mol. The molecule has 0 bridgehead atoms. The molecule has 1 saturated heterocycles. The molecule has 2 heterocycles. The van der Waals surface area contributed by atoms with E-state index in [-0.39, 0.29) is 0 Å². The minimum absolute atomic E-state index is 0.495. The number of thioether (sulfide) groups is 1. The van der Waals surface area contributed by atoms with Crippen molar-refractivity contribution >= 4 is 27.3 Å². The van der Waals surface area contributed by atoms with Crippen LogP contribution in [0.5, 0.6) is 0 Å². The third kappa shape index (κ3) is 3.40. The Kier molecular flexibility index (Phi) is 4.37. The van der Waals surface area contributed by atoms with Crippen LogP contribution in [0.4, 0.5) is 5.69 Å². The number of anilines is 1. The second-order valence-corrected chi connectivity index (χ2v) is 8.02. The molecule has 2 unspecified atom stereocenters. The molecule has 1 aliphatic heterocycles. The van der Waals surface area contributed by atoms with Crippen LogP contribution in [0.25, 0.3) is 0 Å². The molecule has 2 atom stereocenters. The van der Waals surface area contributed by atoms with Gasteiger partial charge in [-0.25, -0.2) is 8.42 Å². The maximum atomic E-state index is 11.8. The van der Waals surface area contributed by atoms with E-state index in [4.69, 9.17) is 0 Å². The quantitative estimate of drug-likeness (QED) is 0.900. The van der Waals surface area contributed by atoms with Gasteiger partial charge in [0, 0.05) is 24.3 Å². The molecule has 1 aromatic heterocycles. The molecule has 7 heteroatoms. The molecule has 0 amide bonds. The molecule has 0 saturated carbocycles. The number of aliphatic hydroxyl groups excluding tert-OH is 1. The molecule has 0 aliphatic carbocycles. The lowest BCUT2D eigenvalue weighted by Gasteiger charge is -2.35. The average molecular weight is 302 g/mol. The van der Waals surface area contributed by atoms with Gasteiger partial charge in [0.25, 0.3) is 0 Å². The fraction of sp³-hybridized carbons (Fsp3) is 0.583. The number of nitrogens with zero attached hydrogens (tertiary/aromatic N) is 2. The Morgan fingerprint density at radius 2 is 2.26 bits per heavy atom. The maximum Gasteiger partial charge on any atom is 0.169 e. The molecule has 1 aromatic rings. The number of aliphatic hydroxyl groups is 1. The minimum atomic E-state index is -3.12. The van der Waals surface area contributed by atoms with E-state index in [1.807, 2.05) is 11.0 Å². The van der Waals surface area contributed by atoms with Crippen molar-refractivity contribution in [2.75, 3.05) is 29.2 Å². The summed E-state index contributed by atoms with van der Waals surface area (Å²) in [5.41, 5.74) is 1.38. The fourth-order valence-corrected chi connectivity index (χ4v) is 4.89. The molecule has 19 heavy (non-hydrogen) atoms. The Hall–Kier alpha value is -0.790. The van der Waals surface area contributed by atoms with Crippen LogP contribution in [0.2, 0.25) is 0 Å². The Labute approximate surface area is 118 Å². The first-order valence-corrected chi connectivity index (χ1v) is 9.18. The second kappa shape index (κ2) is 5.68. The zero-order valence-electron chi connectivity index (χ0n) is 11.0. The van der Waals surface area contributed by atoms with Crippen molar-refractivity contribution in [3.8, 4) is 0 Å². The molecule has 0 radical (unpaired) electrons. The first kappa shape index (κ1) is 14.6. The fourth-order valence-electron chi connectivity index (χ4n) is 2.05. The van der Waals surface area contributed by atoms with Gasteiger partial charge in [-0.2, -0.15) is 11.8 Å². The van der Waals surface area contributed by atoms with E-state index in [0.29, 0.717) is 18.0 Å². The third-order valence-corrected chi connectivity index (χ3v) is 5.75. The molecule has 0 spiro atoms. The van der Waals surface area contributed by atoms with Gasteiger partial charge in [-0.3, -0.25) is 4.98 Å². The van der Waals surface area contributed by atoms with E-state index in [9.17, 15) is 13.5 Å². The number of sulfone groups is 1. The average Bonchev–Trinajstić information content (AvgIpc) is 2.38. The van der Waals surface area contributed by atoms with E-state index in [1.165, 1.54) is 6.26 Å². The summed E-state index contributed by atoms with van der Waals surface area (Å²) in [4.78, 5) is 6.06. The van der Waals surface area contributed by atoms with Crippen LogP contribution in [-0.2, 0) is 9.84 Å². The summed E-state index contributed by atoms with van der Waals surface area (Å²) >= 11 is 1.66. The van der Waals surface area contributed by atoms with Gasteiger partial charge in [0.05, 0.1) is 23.7 Å². The van der Waals surface area contributed by atoms with Gasteiger partial charge in [0.2, 0.25) is 0 Å². The van der Waals surface area contributed by atoms with Gasteiger partial charge < -0.3 is 10.0 Å². The highest BCUT2D eigenvalue weighted by atomic mass is 32.2. The van der Waals surface area contributed by atoms with Crippen molar-refractivity contribution in [2.45, 2.75) is 18.4 Å². The highest BCUT2D eigenvalue weighted by Gasteiger charge is 2.31. The van der Waals surface area contributed by atoms with E-state index >= 15 is 0 Å². The first-order valence-electron chi connectivity index (χ1n) is 6.07. The van der Waals surface area contributed by atoms with Gasteiger partial charge in [0.1, 0.15) is 5.37 Å². The summed E-state index contributed by atoms with van der Waals surface area (Å²) in [6.45, 7) is 2.34. The van der Waals surface area contributed by atoms with E-state index in [0.717, 1.165) is 11.4 Å². The Morgan fingerprint density at radius 1 is 1.53 bits per heavy atom. The van der Waals surface area contributed by atoms with Crippen molar-refractivity contribution < 1.29 is 13.5 Å². The van der Waals surface area contributed by atoms with Crippen LogP contribution in [0, 0.1) is 0 Å². The van der Waals surface area contributed by atoms with E-state index in [2.05, 4.69) is 4.98 Å². The summed E-state index contributed by atoms with van der Waals surface area (Å²) in [6, 6.07) is 3.56. The van der Waals surface area contributed by atoms with Crippen LogP contribution in [0.1, 0.15) is 18.7 Å². The van der Waals surface area contributed by atoms with Gasteiger partial charge in [0.15, 0.2) is 9.84 Å². The predicted octanol–water partition coefficient (Wildman–Crippen LogP) is 1.06. The normalized spacial score (nSPS) is 22.3. The topological polar surface area (TPSA) is 70.5 Å². The van der Waals surface area contributed by atoms with Gasteiger partial charge in [-0.15, -0.1) is 0 Å². The number of hydrogen-bond donors (Lipinski definition) is 1. The van der Waals surface area contributed by atoms with Crippen LogP contribution in [0.3, 0.4) is 0 Å². The summed E-state index contributed by atoms with van der Waals surface area (Å²) in [5.74, 6) is 1.49. The molecule has 0 aromatic carbocycles. The van der Waals surface area contributed by atoms with Crippen LogP contribution < -0.4 is 4.90 Å². The Bertz CT molecular complexity index is 528. The molecule has 106 valence electrons. The SMILES string of the molecule is CC(O)c1ccc(N2CCSCC2S(C)(=O)=O)cn1. The van der Waals surface area contributed by atoms with Crippen molar-refractivity contribution in [3.05, 3.63) is 24.0 Å². The van der Waals surface area contributed by atoms with Crippen molar-refractivity contribution in [1.29, 1.82) is 0 Å². The van der Waals surface area contributed by atoms with Gasteiger partial charge in [-0.1, -0.05) is 0 Å². The third-order valence-electron chi connectivity index (χ3n) is 3.11. The smallest absolute Gasteiger partial charge is 0.169 e. The largest absolute Gasteiger partial charge is 0.387 e. The Morgan fingerprint density at radius 3 is 2.79 bits per heavy atom. The molecular formula is C12H18N2O3S2. The van der Waals surface area contributed by atoms with Crippen molar-refractivity contribution in [1.82, 2.24) is 4.98 Å². The molecule has 1 aliphatic rings. The molecule has 1 fully saturated rings. The monoisotopic (exact) mass is 302 g/mol. The zero-order valence-corrected chi connectivity index (χ0v) is 12.6. The van der Waals surface area contributed by atoms with E-state index < -0.39 is 21.3 Å². The second-order valence-electron chi connectivity index (χ2n) is 4.67. The van der Waals surface area contributed by atoms with Crippen molar-refractivity contribution in [2.24, 2.45) is 0 Å². The number of rotatable bonds is 3. The summed E-state index contributed by atoms with van der Waals surface area (Å²) in [7, 11) is -3.12. The summed E-state index contributed by atoms with van der Waals surface area (Å²) < 4.78 is 23.7. The van der Waals surface area contributed by atoms with Crippen LogP contribution in [0.15, 0.2) is 18.3 Å². The summed E-state index contributed by atoms with van der Waals surface area (Å²) in [6.07, 6.45) is 2.29.